The van der Waals surface area contributed by atoms with Crippen LogP contribution in [0.3, 0.4) is 0 Å². The highest BCUT2D eigenvalue weighted by molar-refractivity contribution is 14.0. The number of nitrogens with one attached hydrogen (secondary N) is 3. The number of hydrogen-bond acceptors (Lipinski definition) is 3. The van der Waals surface area contributed by atoms with Crippen molar-refractivity contribution in [3.05, 3.63) is 60.4 Å². The first-order valence-corrected chi connectivity index (χ1v) is 8.82. The number of ether oxygens (including phenoxy) is 1. The lowest BCUT2D eigenvalue weighted by Crippen LogP contribution is -2.44. The summed E-state index contributed by atoms with van der Waals surface area (Å²) in [4.78, 5) is 16.1. The van der Waals surface area contributed by atoms with E-state index in [4.69, 9.17) is 4.74 Å². The zero-order chi connectivity index (χ0) is 19.5. The molecule has 1 unspecified atom stereocenters. The van der Waals surface area contributed by atoms with Crippen LogP contribution in [0.4, 0.5) is 10.1 Å². The topological polar surface area (TPSA) is 74.8 Å². The molecule has 2 rings (SSSR count). The third kappa shape index (κ3) is 8.55. The van der Waals surface area contributed by atoms with Crippen LogP contribution in [0.15, 0.2) is 59.6 Å². The number of nitrogens with zero attached hydrogens (tertiary/aromatic N) is 1. The van der Waals surface area contributed by atoms with Crippen molar-refractivity contribution in [3.8, 4) is 5.75 Å². The average molecular weight is 500 g/mol. The van der Waals surface area contributed by atoms with E-state index in [1.165, 1.54) is 12.1 Å². The Morgan fingerprint density at radius 2 is 1.89 bits per heavy atom. The SMILES string of the molecule is CCC(CNC(=NC)NCC(=O)Nc1ccccc1)Oc1cccc(F)c1.I. The predicted molar refractivity (Wildman–Crippen MR) is 121 cm³/mol. The van der Waals surface area contributed by atoms with E-state index in [-0.39, 0.29) is 48.3 Å². The fraction of sp³-hybridized carbons (Fsp3) is 0.300. The maximum Gasteiger partial charge on any atom is 0.243 e. The van der Waals surface area contributed by atoms with Gasteiger partial charge in [0.1, 0.15) is 17.7 Å². The number of halogens is 2. The number of carbonyl (C=O) groups excluding carboxylic acids is 1. The number of aliphatic imine (C=N–C) groups is 1. The summed E-state index contributed by atoms with van der Waals surface area (Å²) < 4.78 is 19.0. The number of carbonyl (C=O) groups is 1. The van der Waals surface area contributed by atoms with Crippen molar-refractivity contribution >= 4 is 41.5 Å². The lowest BCUT2D eigenvalue weighted by atomic mass is 10.2. The molecule has 152 valence electrons. The summed E-state index contributed by atoms with van der Waals surface area (Å²) in [6.45, 7) is 2.53. The molecule has 6 nitrogen and oxygen atoms in total. The molecule has 0 aromatic heterocycles. The van der Waals surface area contributed by atoms with E-state index in [1.54, 1.807) is 19.2 Å². The molecular weight excluding hydrogens is 474 g/mol. The van der Waals surface area contributed by atoms with E-state index in [2.05, 4.69) is 20.9 Å². The third-order valence-electron chi connectivity index (χ3n) is 3.75. The molecule has 8 heteroatoms. The Bertz CT molecular complexity index is 759. The quantitative estimate of drug-likeness (QED) is 0.295. The van der Waals surface area contributed by atoms with Crippen LogP contribution in [0.25, 0.3) is 0 Å². The van der Waals surface area contributed by atoms with Gasteiger partial charge >= 0.3 is 0 Å². The average Bonchev–Trinajstić information content (AvgIpc) is 2.68. The van der Waals surface area contributed by atoms with E-state index in [9.17, 15) is 9.18 Å². The van der Waals surface area contributed by atoms with Crippen LogP contribution in [0.2, 0.25) is 0 Å². The van der Waals surface area contributed by atoms with Gasteiger partial charge in [0.25, 0.3) is 0 Å². The Morgan fingerprint density at radius 1 is 1.14 bits per heavy atom. The van der Waals surface area contributed by atoms with Crippen LogP contribution in [-0.4, -0.2) is 38.1 Å². The van der Waals surface area contributed by atoms with Crippen LogP contribution in [0, 0.1) is 5.82 Å². The largest absolute Gasteiger partial charge is 0.489 e. The Hall–Kier alpha value is -2.36. The molecule has 3 N–H and O–H groups in total. The number of rotatable bonds is 8. The molecule has 1 amide bonds. The van der Waals surface area contributed by atoms with Crippen molar-refractivity contribution in [2.75, 3.05) is 25.5 Å². The van der Waals surface area contributed by atoms with Gasteiger partial charge in [0.15, 0.2) is 5.96 Å². The lowest BCUT2D eigenvalue weighted by molar-refractivity contribution is -0.115. The molecule has 0 heterocycles. The molecule has 28 heavy (non-hydrogen) atoms. The first-order chi connectivity index (χ1) is 13.1. The van der Waals surface area contributed by atoms with Crippen LogP contribution in [0.5, 0.6) is 5.75 Å². The molecule has 0 aliphatic heterocycles. The zero-order valence-electron chi connectivity index (χ0n) is 15.9. The highest BCUT2D eigenvalue weighted by Gasteiger charge is 2.11. The highest BCUT2D eigenvalue weighted by Crippen LogP contribution is 2.14. The van der Waals surface area contributed by atoms with Gasteiger partial charge in [0.05, 0.1) is 13.1 Å². The zero-order valence-corrected chi connectivity index (χ0v) is 18.3. The van der Waals surface area contributed by atoms with E-state index in [0.717, 1.165) is 12.1 Å². The van der Waals surface area contributed by atoms with Crippen LogP contribution < -0.4 is 20.7 Å². The smallest absolute Gasteiger partial charge is 0.243 e. The van der Waals surface area contributed by atoms with Gasteiger partial charge in [-0.25, -0.2) is 4.39 Å². The number of hydrogen-bond donors (Lipinski definition) is 3. The number of guanidine groups is 1. The molecule has 0 aliphatic carbocycles. The Morgan fingerprint density at radius 3 is 2.54 bits per heavy atom. The van der Waals surface area contributed by atoms with E-state index >= 15 is 0 Å². The standard InChI is InChI=1S/C20H25FN4O2.HI/c1-3-17(27-18-11-7-8-15(21)12-18)13-23-20(22-2)24-14-19(26)25-16-9-5-4-6-10-16;/h4-12,17H,3,13-14H2,1-2H3,(H,25,26)(H2,22,23,24);1H. The number of amides is 1. The van der Waals surface area contributed by atoms with Crippen molar-refractivity contribution in [2.24, 2.45) is 4.99 Å². The van der Waals surface area contributed by atoms with Gasteiger partial charge < -0.3 is 20.7 Å². The van der Waals surface area contributed by atoms with Crippen LogP contribution >= 0.6 is 24.0 Å². The van der Waals surface area contributed by atoms with Crippen molar-refractivity contribution in [1.82, 2.24) is 10.6 Å². The van der Waals surface area contributed by atoms with E-state index in [0.29, 0.717) is 18.3 Å². The first kappa shape index (κ1) is 23.7. The molecule has 0 bridgehead atoms. The normalized spacial score (nSPS) is 11.8. The van der Waals surface area contributed by atoms with Gasteiger partial charge in [-0.05, 0) is 30.7 Å². The number of anilines is 1. The van der Waals surface area contributed by atoms with Crippen molar-refractivity contribution in [1.29, 1.82) is 0 Å². The summed E-state index contributed by atoms with van der Waals surface area (Å²) in [7, 11) is 1.62. The minimum absolute atomic E-state index is 0. The molecule has 0 fully saturated rings. The second-order valence-electron chi connectivity index (χ2n) is 5.83. The Labute approximate surface area is 182 Å². The van der Waals surface area contributed by atoms with Gasteiger partial charge in [-0.15, -0.1) is 24.0 Å². The monoisotopic (exact) mass is 500 g/mol. The molecule has 0 aliphatic rings. The van der Waals surface area contributed by atoms with E-state index < -0.39 is 0 Å². The van der Waals surface area contributed by atoms with Gasteiger partial charge in [0, 0.05) is 18.8 Å². The number of benzene rings is 2. The molecule has 0 saturated heterocycles. The fourth-order valence-corrected chi connectivity index (χ4v) is 2.32. The molecule has 0 saturated carbocycles. The van der Waals surface area contributed by atoms with Crippen molar-refractivity contribution < 1.29 is 13.9 Å². The summed E-state index contributed by atoms with van der Waals surface area (Å²) in [6.07, 6.45) is 0.568. The molecule has 0 spiro atoms. The predicted octanol–water partition coefficient (Wildman–Crippen LogP) is 3.40. The third-order valence-corrected chi connectivity index (χ3v) is 3.75. The van der Waals surface area contributed by atoms with Gasteiger partial charge in [-0.3, -0.25) is 9.79 Å². The van der Waals surface area contributed by atoms with Crippen LogP contribution in [-0.2, 0) is 4.79 Å². The second-order valence-corrected chi connectivity index (χ2v) is 5.83. The molecule has 0 radical (unpaired) electrons. The van der Waals surface area contributed by atoms with Crippen LogP contribution in [0.1, 0.15) is 13.3 Å². The minimum Gasteiger partial charge on any atom is -0.489 e. The summed E-state index contributed by atoms with van der Waals surface area (Å²) in [6, 6.07) is 15.3. The summed E-state index contributed by atoms with van der Waals surface area (Å²) >= 11 is 0. The Kier molecular flexibility index (Phi) is 10.9. The van der Waals surface area contributed by atoms with Gasteiger partial charge in [-0.2, -0.15) is 0 Å². The van der Waals surface area contributed by atoms with E-state index in [1.807, 2.05) is 37.3 Å². The minimum atomic E-state index is -0.336. The first-order valence-electron chi connectivity index (χ1n) is 8.82. The highest BCUT2D eigenvalue weighted by atomic mass is 127. The molecular formula is C20H26FIN4O2. The molecule has 1 atom stereocenters. The van der Waals surface area contributed by atoms with Crippen molar-refractivity contribution in [2.45, 2.75) is 19.4 Å². The Balaban J connectivity index is 0.00000392. The summed E-state index contributed by atoms with van der Waals surface area (Å²) in [5, 5.41) is 8.86. The summed E-state index contributed by atoms with van der Waals surface area (Å²) in [5.74, 6) is 0.456. The summed E-state index contributed by atoms with van der Waals surface area (Å²) in [5.41, 5.74) is 0.738. The van der Waals surface area contributed by atoms with Gasteiger partial charge in [-0.1, -0.05) is 31.2 Å². The fourth-order valence-electron chi connectivity index (χ4n) is 2.32. The lowest BCUT2D eigenvalue weighted by Gasteiger charge is -2.20. The second kappa shape index (κ2) is 12.9. The molecule has 2 aromatic rings. The molecule has 2 aromatic carbocycles. The van der Waals surface area contributed by atoms with Gasteiger partial charge in [0.2, 0.25) is 5.91 Å². The van der Waals surface area contributed by atoms with Crippen molar-refractivity contribution in [3.63, 3.8) is 0 Å². The maximum absolute atomic E-state index is 13.3. The maximum atomic E-state index is 13.3. The number of para-hydroxylation sites is 1.